The number of hydrogen-bond acceptors (Lipinski definition) is 4. The predicted molar refractivity (Wildman–Crippen MR) is 82.0 cm³/mol. The molecule has 0 spiro atoms. The van der Waals surface area contributed by atoms with Crippen LogP contribution in [0.15, 0.2) is 40.9 Å². The first-order valence-corrected chi connectivity index (χ1v) is 6.99. The van der Waals surface area contributed by atoms with Gasteiger partial charge >= 0.3 is 0 Å². The monoisotopic (exact) mass is 369 g/mol. The zero-order valence-corrected chi connectivity index (χ0v) is 12.9. The minimum absolute atomic E-state index is 0.0121. The van der Waals surface area contributed by atoms with Gasteiger partial charge in [-0.15, -0.1) is 0 Å². The molecular weight excluding hydrogens is 362 g/mol. The fourth-order valence-corrected chi connectivity index (χ4v) is 2.37. The summed E-state index contributed by atoms with van der Waals surface area (Å²) in [6.07, 6.45) is 0.628. The van der Waals surface area contributed by atoms with E-state index in [0.29, 0.717) is 21.5 Å². The van der Waals surface area contributed by atoms with Gasteiger partial charge in [0, 0.05) is 22.2 Å². The van der Waals surface area contributed by atoms with Gasteiger partial charge in [-0.1, -0.05) is 33.6 Å². The van der Waals surface area contributed by atoms with Crippen molar-refractivity contribution in [2.45, 2.75) is 6.61 Å². The molecule has 2 aromatic rings. The molecule has 0 atom stereocenters. The normalized spacial score (nSPS) is 10.2. The largest absolute Gasteiger partial charge is 0.488 e. The van der Waals surface area contributed by atoms with Crippen LogP contribution in [0.5, 0.6) is 5.75 Å². The molecular formula is C14H9BrClNO4. The first kappa shape index (κ1) is 15.5. The third kappa shape index (κ3) is 3.59. The van der Waals surface area contributed by atoms with Gasteiger partial charge < -0.3 is 4.74 Å². The lowest BCUT2D eigenvalue weighted by Crippen LogP contribution is -2.00. The molecule has 0 radical (unpaired) electrons. The Morgan fingerprint density at radius 3 is 2.71 bits per heavy atom. The Bertz CT molecular complexity index is 705. The molecule has 0 aliphatic rings. The highest BCUT2D eigenvalue weighted by Gasteiger charge is 2.11. The average Bonchev–Trinajstić information content (AvgIpc) is 2.45. The number of benzene rings is 2. The lowest BCUT2D eigenvalue weighted by atomic mass is 10.2. The number of nitro benzene ring substituents is 1. The zero-order chi connectivity index (χ0) is 15.4. The van der Waals surface area contributed by atoms with Crippen molar-refractivity contribution < 1.29 is 14.5 Å². The van der Waals surface area contributed by atoms with E-state index in [-0.39, 0.29) is 17.9 Å². The summed E-state index contributed by atoms with van der Waals surface area (Å²) >= 11 is 9.16. The Labute approximate surface area is 133 Å². The second kappa shape index (κ2) is 6.69. The number of nitro groups is 1. The lowest BCUT2D eigenvalue weighted by molar-refractivity contribution is -0.384. The van der Waals surface area contributed by atoms with E-state index in [2.05, 4.69) is 15.9 Å². The summed E-state index contributed by atoms with van der Waals surface area (Å²) in [5.41, 5.74) is 0.983. The van der Waals surface area contributed by atoms with Crippen LogP contribution in [0.3, 0.4) is 0 Å². The predicted octanol–water partition coefficient (Wildman–Crippen LogP) is 4.40. The van der Waals surface area contributed by atoms with Crippen LogP contribution in [0.1, 0.15) is 15.9 Å². The Balaban J connectivity index is 2.19. The van der Waals surface area contributed by atoms with Gasteiger partial charge in [-0.2, -0.15) is 0 Å². The average molecular weight is 371 g/mol. The highest BCUT2D eigenvalue weighted by atomic mass is 79.9. The zero-order valence-electron chi connectivity index (χ0n) is 10.6. The van der Waals surface area contributed by atoms with Crippen LogP contribution in [-0.2, 0) is 6.61 Å². The van der Waals surface area contributed by atoms with E-state index in [9.17, 15) is 14.9 Å². The number of hydrogen-bond donors (Lipinski definition) is 0. The van der Waals surface area contributed by atoms with Crippen LogP contribution in [0.4, 0.5) is 5.69 Å². The number of rotatable bonds is 5. The maximum Gasteiger partial charge on any atom is 0.270 e. The lowest BCUT2D eigenvalue weighted by Gasteiger charge is -2.10. The molecule has 21 heavy (non-hydrogen) atoms. The standard InChI is InChI=1S/C14H9BrClNO4/c15-12-6-10(17(19)20)5-4-9(12)8-21-14-3-1-2-13(16)11(14)7-18/h1-7H,8H2. The van der Waals surface area contributed by atoms with Crippen LogP contribution in [0, 0.1) is 10.1 Å². The van der Waals surface area contributed by atoms with Crippen LogP contribution in [0.25, 0.3) is 0 Å². The fraction of sp³-hybridized carbons (Fsp3) is 0.0714. The summed E-state index contributed by atoms with van der Waals surface area (Å²) in [6, 6.07) is 9.29. The summed E-state index contributed by atoms with van der Waals surface area (Å²) in [4.78, 5) is 21.2. The topological polar surface area (TPSA) is 69.4 Å². The summed E-state index contributed by atoms with van der Waals surface area (Å²) in [5.74, 6) is 0.364. The first-order chi connectivity index (χ1) is 10.0. The van der Waals surface area contributed by atoms with Crippen molar-refractivity contribution in [3.8, 4) is 5.75 Å². The molecule has 7 heteroatoms. The van der Waals surface area contributed by atoms with E-state index < -0.39 is 4.92 Å². The number of non-ortho nitro benzene ring substituents is 1. The van der Waals surface area contributed by atoms with Crippen molar-refractivity contribution in [1.82, 2.24) is 0 Å². The van der Waals surface area contributed by atoms with Crippen molar-refractivity contribution in [3.05, 3.63) is 67.1 Å². The molecule has 0 aromatic heterocycles. The quantitative estimate of drug-likeness (QED) is 0.444. The second-order valence-corrected chi connectivity index (χ2v) is 5.35. The smallest absolute Gasteiger partial charge is 0.270 e. The highest BCUT2D eigenvalue weighted by molar-refractivity contribution is 9.10. The molecule has 2 rings (SSSR count). The first-order valence-electron chi connectivity index (χ1n) is 5.82. The van der Waals surface area contributed by atoms with Gasteiger partial charge in [-0.3, -0.25) is 14.9 Å². The molecule has 5 nitrogen and oxygen atoms in total. The second-order valence-electron chi connectivity index (χ2n) is 4.09. The molecule has 0 saturated heterocycles. The third-order valence-corrected chi connectivity index (χ3v) is 3.83. The van der Waals surface area contributed by atoms with Gasteiger partial charge in [0.25, 0.3) is 5.69 Å². The molecule has 0 fully saturated rings. The molecule has 0 aliphatic heterocycles. The van der Waals surface area contributed by atoms with Gasteiger partial charge in [0.05, 0.1) is 15.5 Å². The highest BCUT2D eigenvalue weighted by Crippen LogP contribution is 2.27. The van der Waals surface area contributed by atoms with Crippen LogP contribution >= 0.6 is 27.5 Å². The van der Waals surface area contributed by atoms with Crippen molar-refractivity contribution in [2.24, 2.45) is 0 Å². The Morgan fingerprint density at radius 2 is 2.10 bits per heavy atom. The van der Waals surface area contributed by atoms with E-state index in [0.717, 1.165) is 5.56 Å². The Morgan fingerprint density at radius 1 is 1.33 bits per heavy atom. The minimum Gasteiger partial charge on any atom is -0.488 e. The van der Waals surface area contributed by atoms with E-state index in [1.54, 1.807) is 24.3 Å². The molecule has 0 N–H and O–H groups in total. The molecule has 2 aromatic carbocycles. The molecule has 0 bridgehead atoms. The van der Waals surface area contributed by atoms with Crippen molar-refractivity contribution >= 4 is 39.5 Å². The van der Waals surface area contributed by atoms with Crippen molar-refractivity contribution in [3.63, 3.8) is 0 Å². The van der Waals surface area contributed by atoms with E-state index in [1.807, 2.05) is 0 Å². The maximum absolute atomic E-state index is 11.0. The van der Waals surface area contributed by atoms with E-state index in [4.69, 9.17) is 16.3 Å². The van der Waals surface area contributed by atoms with Gasteiger partial charge in [0.15, 0.2) is 6.29 Å². The van der Waals surface area contributed by atoms with Crippen molar-refractivity contribution in [2.75, 3.05) is 0 Å². The maximum atomic E-state index is 11.0. The third-order valence-electron chi connectivity index (χ3n) is 2.76. The minimum atomic E-state index is -0.475. The van der Waals surface area contributed by atoms with Gasteiger partial charge in [0.2, 0.25) is 0 Å². The van der Waals surface area contributed by atoms with E-state index >= 15 is 0 Å². The fourth-order valence-electron chi connectivity index (χ4n) is 1.68. The number of nitrogens with zero attached hydrogens (tertiary/aromatic N) is 1. The Kier molecular flexibility index (Phi) is 4.93. The molecule has 0 unspecified atom stereocenters. The van der Waals surface area contributed by atoms with E-state index in [1.165, 1.54) is 12.1 Å². The van der Waals surface area contributed by atoms with Gasteiger partial charge in [-0.25, -0.2) is 0 Å². The SMILES string of the molecule is O=Cc1c(Cl)cccc1OCc1ccc([N+](=O)[O-])cc1Br. The summed E-state index contributed by atoms with van der Waals surface area (Å²) in [6.45, 7) is 0.153. The number of carbonyl (C=O) groups excluding carboxylic acids is 1. The molecule has 0 aliphatic carbocycles. The van der Waals surface area contributed by atoms with Gasteiger partial charge in [0.1, 0.15) is 12.4 Å². The van der Waals surface area contributed by atoms with Crippen LogP contribution < -0.4 is 4.74 Å². The van der Waals surface area contributed by atoms with Crippen molar-refractivity contribution in [1.29, 1.82) is 0 Å². The molecule has 0 heterocycles. The molecule has 108 valence electrons. The number of ether oxygens (including phenoxy) is 1. The molecule has 0 amide bonds. The van der Waals surface area contributed by atoms with Gasteiger partial charge in [-0.05, 0) is 18.2 Å². The summed E-state index contributed by atoms with van der Waals surface area (Å²) < 4.78 is 6.12. The Hall–Kier alpha value is -1.92. The van der Waals surface area contributed by atoms with Crippen LogP contribution in [-0.4, -0.2) is 11.2 Å². The number of aldehydes is 1. The molecule has 0 saturated carbocycles. The summed E-state index contributed by atoms with van der Waals surface area (Å²) in [5, 5.41) is 11.0. The number of halogens is 2. The van der Waals surface area contributed by atoms with Crippen LogP contribution in [0.2, 0.25) is 5.02 Å². The summed E-state index contributed by atoms with van der Waals surface area (Å²) in [7, 11) is 0. The number of carbonyl (C=O) groups is 1.